The van der Waals surface area contributed by atoms with E-state index in [-0.39, 0.29) is 4.75 Å². The Labute approximate surface area is 79.6 Å². The molecule has 0 fully saturated rings. The SMILES string of the molecule is C=C(CC=O)CC(C)(C)SCC. The van der Waals surface area contributed by atoms with Crippen molar-refractivity contribution in [1.29, 1.82) is 0 Å². The number of hydrogen-bond acceptors (Lipinski definition) is 2. The third-order valence-corrected chi connectivity index (χ3v) is 2.80. The Hall–Kier alpha value is -0.240. The van der Waals surface area contributed by atoms with Gasteiger partial charge in [-0.2, -0.15) is 11.8 Å². The van der Waals surface area contributed by atoms with Gasteiger partial charge in [0.05, 0.1) is 0 Å². The van der Waals surface area contributed by atoms with Crippen molar-refractivity contribution in [3.8, 4) is 0 Å². The van der Waals surface area contributed by atoms with Gasteiger partial charge in [-0.3, -0.25) is 0 Å². The molecule has 0 aliphatic heterocycles. The molecule has 12 heavy (non-hydrogen) atoms. The Kier molecular flexibility index (Phi) is 5.31. The highest BCUT2D eigenvalue weighted by molar-refractivity contribution is 8.00. The second-order valence-corrected chi connectivity index (χ2v) is 5.46. The molecule has 0 saturated heterocycles. The summed E-state index contributed by atoms with van der Waals surface area (Å²) in [4.78, 5) is 10.2. The van der Waals surface area contributed by atoms with Gasteiger partial charge in [-0.25, -0.2) is 0 Å². The van der Waals surface area contributed by atoms with E-state index in [2.05, 4.69) is 27.4 Å². The molecule has 0 radical (unpaired) electrons. The molecule has 0 aromatic heterocycles. The molecule has 0 rings (SSSR count). The fourth-order valence-corrected chi connectivity index (χ4v) is 2.32. The van der Waals surface area contributed by atoms with E-state index in [4.69, 9.17) is 0 Å². The maximum atomic E-state index is 10.2. The molecule has 0 aromatic carbocycles. The summed E-state index contributed by atoms with van der Waals surface area (Å²) < 4.78 is 0.231. The minimum atomic E-state index is 0.231. The molecular weight excluding hydrogens is 168 g/mol. The lowest BCUT2D eigenvalue weighted by Crippen LogP contribution is -2.15. The van der Waals surface area contributed by atoms with Gasteiger partial charge in [0.15, 0.2) is 0 Å². The van der Waals surface area contributed by atoms with Gasteiger partial charge in [0.1, 0.15) is 6.29 Å². The van der Waals surface area contributed by atoms with Crippen molar-refractivity contribution >= 4 is 18.0 Å². The monoisotopic (exact) mass is 186 g/mol. The molecule has 70 valence electrons. The Morgan fingerprint density at radius 1 is 1.58 bits per heavy atom. The van der Waals surface area contributed by atoms with E-state index in [0.717, 1.165) is 24.0 Å². The molecule has 0 aromatic rings. The highest BCUT2D eigenvalue weighted by Crippen LogP contribution is 2.30. The molecule has 0 N–H and O–H groups in total. The Bertz CT molecular complexity index is 161. The molecule has 2 heteroatoms. The van der Waals surface area contributed by atoms with Gasteiger partial charge in [-0.15, -0.1) is 0 Å². The molecule has 0 aliphatic rings. The number of carbonyl (C=O) groups excluding carboxylic acids is 1. The molecular formula is C10H18OS. The average molecular weight is 186 g/mol. The summed E-state index contributed by atoms with van der Waals surface area (Å²) in [7, 11) is 0. The second-order valence-electron chi connectivity index (χ2n) is 3.49. The molecule has 1 nitrogen and oxygen atoms in total. The van der Waals surface area contributed by atoms with Crippen molar-refractivity contribution in [1.82, 2.24) is 0 Å². The number of carbonyl (C=O) groups is 1. The van der Waals surface area contributed by atoms with Crippen LogP contribution in [0, 0.1) is 0 Å². The van der Waals surface area contributed by atoms with Gasteiger partial charge in [-0.05, 0) is 12.2 Å². The molecule has 0 amide bonds. The van der Waals surface area contributed by atoms with E-state index >= 15 is 0 Å². The number of aldehydes is 1. The predicted octanol–water partition coefficient (Wildman–Crippen LogP) is 3.05. The fraction of sp³-hybridized carbons (Fsp3) is 0.700. The molecule has 0 unspecified atom stereocenters. The lowest BCUT2D eigenvalue weighted by molar-refractivity contribution is -0.107. The summed E-state index contributed by atoms with van der Waals surface area (Å²) in [5, 5.41) is 0. The van der Waals surface area contributed by atoms with Crippen molar-refractivity contribution in [2.24, 2.45) is 0 Å². The van der Waals surface area contributed by atoms with Crippen LogP contribution in [-0.2, 0) is 4.79 Å². The first-order chi connectivity index (χ1) is 5.52. The van der Waals surface area contributed by atoms with Gasteiger partial charge in [0, 0.05) is 11.2 Å². The van der Waals surface area contributed by atoms with E-state index in [1.807, 2.05) is 11.8 Å². The quantitative estimate of drug-likeness (QED) is 0.468. The maximum absolute atomic E-state index is 10.2. The van der Waals surface area contributed by atoms with Crippen molar-refractivity contribution in [2.45, 2.75) is 38.4 Å². The second kappa shape index (κ2) is 5.41. The molecule has 0 atom stereocenters. The smallest absolute Gasteiger partial charge is 0.124 e. The van der Waals surface area contributed by atoms with Crippen LogP contribution in [0.25, 0.3) is 0 Å². The van der Waals surface area contributed by atoms with Gasteiger partial charge >= 0.3 is 0 Å². The molecule has 0 bridgehead atoms. The van der Waals surface area contributed by atoms with E-state index in [1.165, 1.54) is 0 Å². The Balaban J connectivity index is 3.87. The average Bonchev–Trinajstić information content (AvgIpc) is 1.85. The first kappa shape index (κ1) is 11.8. The van der Waals surface area contributed by atoms with Crippen LogP contribution >= 0.6 is 11.8 Å². The number of thioether (sulfide) groups is 1. The first-order valence-corrected chi connectivity index (χ1v) is 5.24. The zero-order valence-electron chi connectivity index (χ0n) is 8.22. The molecule has 0 aliphatic carbocycles. The highest BCUT2D eigenvalue weighted by atomic mass is 32.2. The normalized spacial score (nSPS) is 11.2. The molecule has 0 spiro atoms. The zero-order valence-corrected chi connectivity index (χ0v) is 9.04. The summed E-state index contributed by atoms with van der Waals surface area (Å²) in [6.45, 7) is 10.4. The summed E-state index contributed by atoms with van der Waals surface area (Å²) in [6.07, 6.45) is 2.37. The van der Waals surface area contributed by atoms with Crippen LogP contribution in [0.4, 0.5) is 0 Å². The number of allylic oxidation sites excluding steroid dienone is 1. The zero-order chi connectivity index (χ0) is 9.61. The topological polar surface area (TPSA) is 17.1 Å². The standard InChI is InChI=1S/C10H18OS/c1-5-12-10(3,4)8-9(2)6-7-11/h7H,2,5-6,8H2,1,3-4H3. The third kappa shape index (κ3) is 5.42. The van der Waals surface area contributed by atoms with Crippen LogP contribution in [0.3, 0.4) is 0 Å². The Morgan fingerprint density at radius 3 is 2.58 bits per heavy atom. The van der Waals surface area contributed by atoms with Gasteiger partial charge in [0.2, 0.25) is 0 Å². The summed E-state index contributed by atoms with van der Waals surface area (Å²) in [6, 6.07) is 0. The lowest BCUT2D eigenvalue weighted by atomic mass is 10.0. The van der Waals surface area contributed by atoms with Crippen LogP contribution < -0.4 is 0 Å². The number of rotatable bonds is 6. The van der Waals surface area contributed by atoms with Crippen molar-refractivity contribution < 1.29 is 4.79 Å². The van der Waals surface area contributed by atoms with Gasteiger partial charge in [-0.1, -0.05) is 32.9 Å². The van der Waals surface area contributed by atoms with Crippen LogP contribution in [0.2, 0.25) is 0 Å². The van der Waals surface area contributed by atoms with Crippen LogP contribution in [0.15, 0.2) is 12.2 Å². The van der Waals surface area contributed by atoms with Crippen molar-refractivity contribution in [2.75, 3.05) is 5.75 Å². The maximum Gasteiger partial charge on any atom is 0.124 e. The van der Waals surface area contributed by atoms with Crippen molar-refractivity contribution in [3.05, 3.63) is 12.2 Å². The fourth-order valence-electron chi connectivity index (χ4n) is 1.23. The minimum absolute atomic E-state index is 0.231. The first-order valence-electron chi connectivity index (χ1n) is 4.26. The van der Waals surface area contributed by atoms with Gasteiger partial charge in [0.25, 0.3) is 0 Å². The molecule has 0 heterocycles. The largest absolute Gasteiger partial charge is 0.303 e. The van der Waals surface area contributed by atoms with E-state index in [1.54, 1.807) is 0 Å². The number of hydrogen-bond donors (Lipinski definition) is 0. The third-order valence-electron chi connectivity index (χ3n) is 1.58. The summed E-state index contributed by atoms with van der Waals surface area (Å²) in [5.74, 6) is 1.11. The summed E-state index contributed by atoms with van der Waals surface area (Å²) in [5.41, 5.74) is 1.04. The van der Waals surface area contributed by atoms with E-state index in [9.17, 15) is 4.79 Å². The van der Waals surface area contributed by atoms with E-state index < -0.39 is 0 Å². The lowest BCUT2D eigenvalue weighted by Gasteiger charge is -2.23. The minimum Gasteiger partial charge on any atom is -0.303 e. The van der Waals surface area contributed by atoms with Gasteiger partial charge < -0.3 is 4.79 Å². The highest BCUT2D eigenvalue weighted by Gasteiger charge is 2.17. The van der Waals surface area contributed by atoms with Crippen LogP contribution in [-0.4, -0.2) is 16.8 Å². The van der Waals surface area contributed by atoms with Crippen LogP contribution in [0.5, 0.6) is 0 Å². The molecule has 0 saturated carbocycles. The Morgan fingerprint density at radius 2 is 2.17 bits per heavy atom. The summed E-state index contributed by atoms with van der Waals surface area (Å²) >= 11 is 1.91. The van der Waals surface area contributed by atoms with E-state index in [0.29, 0.717) is 6.42 Å². The van der Waals surface area contributed by atoms with Crippen LogP contribution in [0.1, 0.15) is 33.6 Å². The predicted molar refractivity (Wildman–Crippen MR) is 56.6 cm³/mol. The van der Waals surface area contributed by atoms with Crippen molar-refractivity contribution in [3.63, 3.8) is 0 Å².